The van der Waals surface area contributed by atoms with Crippen molar-refractivity contribution < 1.29 is 4.74 Å². The molecular formula is C11H13N3OS. The summed E-state index contributed by atoms with van der Waals surface area (Å²) in [7, 11) is 1.66. The van der Waals surface area contributed by atoms with Gasteiger partial charge in [-0.25, -0.2) is 0 Å². The minimum Gasteiger partial charge on any atom is -0.497 e. The van der Waals surface area contributed by atoms with Gasteiger partial charge in [0.25, 0.3) is 0 Å². The molecule has 4 nitrogen and oxygen atoms in total. The van der Waals surface area contributed by atoms with Crippen LogP contribution in [0.15, 0.2) is 24.3 Å². The van der Waals surface area contributed by atoms with Gasteiger partial charge in [0.15, 0.2) is 0 Å². The molecule has 0 amide bonds. The second kappa shape index (κ2) is 5.05. The van der Waals surface area contributed by atoms with Crippen molar-refractivity contribution in [3.63, 3.8) is 0 Å². The molecule has 2 aromatic rings. The molecular weight excluding hydrogens is 222 g/mol. The zero-order chi connectivity index (χ0) is 11.4. The average Bonchev–Trinajstić information content (AvgIpc) is 2.78. The van der Waals surface area contributed by atoms with Crippen LogP contribution < -0.4 is 10.5 Å². The lowest BCUT2D eigenvalue weighted by Crippen LogP contribution is -1.94. The van der Waals surface area contributed by atoms with Gasteiger partial charge in [0.2, 0.25) is 0 Å². The van der Waals surface area contributed by atoms with Crippen LogP contribution >= 0.6 is 11.3 Å². The van der Waals surface area contributed by atoms with E-state index in [4.69, 9.17) is 10.5 Å². The third kappa shape index (κ3) is 2.56. The molecule has 5 heteroatoms. The summed E-state index contributed by atoms with van der Waals surface area (Å²) in [5.41, 5.74) is 6.68. The van der Waals surface area contributed by atoms with Crippen molar-refractivity contribution in [2.75, 3.05) is 7.11 Å². The molecule has 0 fully saturated rings. The maximum Gasteiger partial charge on any atom is 0.131 e. The van der Waals surface area contributed by atoms with Gasteiger partial charge < -0.3 is 10.5 Å². The number of rotatable bonds is 4. The van der Waals surface area contributed by atoms with E-state index in [-0.39, 0.29) is 0 Å². The quantitative estimate of drug-likeness (QED) is 0.874. The zero-order valence-electron chi connectivity index (χ0n) is 9.01. The summed E-state index contributed by atoms with van der Waals surface area (Å²) < 4.78 is 5.10. The second-order valence-electron chi connectivity index (χ2n) is 3.32. The van der Waals surface area contributed by atoms with E-state index in [2.05, 4.69) is 10.2 Å². The van der Waals surface area contributed by atoms with Crippen LogP contribution in [-0.4, -0.2) is 17.3 Å². The van der Waals surface area contributed by atoms with Crippen molar-refractivity contribution >= 4 is 11.3 Å². The summed E-state index contributed by atoms with van der Waals surface area (Å²) in [5.74, 6) is 0.865. The molecule has 0 aliphatic carbocycles. The second-order valence-corrected chi connectivity index (χ2v) is 4.47. The normalized spacial score (nSPS) is 10.4. The monoisotopic (exact) mass is 235 g/mol. The molecule has 0 aliphatic heterocycles. The average molecular weight is 235 g/mol. The van der Waals surface area contributed by atoms with Gasteiger partial charge in [0.1, 0.15) is 15.8 Å². The molecule has 0 saturated carbocycles. The standard InChI is InChI=1S/C11H13N3OS/c1-15-9-4-2-8(3-5-9)6-10-13-14-11(7-12)16-10/h2-5H,6-7,12H2,1H3. The fourth-order valence-electron chi connectivity index (χ4n) is 1.36. The first-order chi connectivity index (χ1) is 7.81. The fourth-order valence-corrected chi connectivity index (χ4v) is 2.12. The molecule has 0 bridgehead atoms. The molecule has 1 heterocycles. The Kier molecular flexibility index (Phi) is 3.48. The maximum atomic E-state index is 5.49. The van der Waals surface area contributed by atoms with Crippen LogP contribution in [0.25, 0.3) is 0 Å². The van der Waals surface area contributed by atoms with Crippen LogP contribution in [0.4, 0.5) is 0 Å². The van der Waals surface area contributed by atoms with E-state index in [1.807, 2.05) is 24.3 Å². The minimum atomic E-state index is 0.459. The molecule has 0 aliphatic rings. The number of ether oxygens (including phenoxy) is 1. The van der Waals surface area contributed by atoms with Crippen LogP contribution in [0, 0.1) is 0 Å². The maximum absolute atomic E-state index is 5.49. The highest BCUT2D eigenvalue weighted by Crippen LogP contribution is 2.17. The van der Waals surface area contributed by atoms with E-state index in [9.17, 15) is 0 Å². The molecule has 84 valence electrons. The first kappa shape index (κ1) is 11.0. The first-order valence-electron chi connectivity index (χ1n) is 4.96. The topological polar surface area (TPSA) is 61.0 Å². The molecule has 0 radical (unpaired) electrons. The Morgan fingerprint density at radius 3 is 2.44 bits per heavy atom. The summed E-state index contributed by atoms with van der Waals surface area (Å²) in [6.07, 6.45) is 0.793. The van der Waals surface area contributed by atoms with Crippen molar-refractivity contribution in [2.45, 2.75) is 13.0 Å². The van der Waals surface area contributed by atoms with Gasteiger partial charge in [-0.05, 0) is 17.7 Å². The predicted octanol–water partition coefficient (Wildman–Crippen LogP) is 1.60. The molecule has 0 atom stereocenters. The molecule has 1 aromatic carbocycles. The SMILES string of the molecule is COc1ccc(Cc2nnc(CN)s2)cc1. The van der Waals surface area contributed by atoms with E-state index < -0.39 is 0 Å². The lowest BCUT2D eigenvalue weighted by atomic mass is 10.1. The molecule has 0 saturated heterocycles. The number of hydrogen-bond donors (Lipinski definition) is 1. The lowest BCUT2D eigenvalue weighted by Gasteiger charge is -2.00. The van der Waals surface area contributed by atoms with Crippen LogP contribution in [0.1, 0.15) is 15.6 Å². The van der Waals surface area contributed by atoms with Crippen molar-refractivity contribution in [1.82, 2.24) is 10.2 Å². The van der Waals surface area contributed by atoms with Crippen molar-refractivity contribution in [2.24, 2.45) is 5.73 Å². The van der Waals surface area contributed by atoms with E-state index in [1.54, 1.807) is 18.4 Å². The Balaban J connectivity index is 2.08. The number of hydrogen-bond acceptors (Lipinski definition) is 5. The largest absolute Gasteiger partial charge is 0.497 e. The van der Waals surface area contributed by atoms with E-state index in [0.29, 0.717) is 6.54 Å². The zero-order valence-corrected chi connectivity index (χ0v) is 9.83. The van der Waals surface area contributed by atoms with Crippen molar-refractivity contribution in [3.8, 4) is 5.75 Å². The van der Waals surface area contributed by atoms with Crippen molar-refractivity contribution in [1.29, 1.82) is 0 Å². The third-order valence-corrected chi connectivity index (χ3v) is 3.14. The Labute approximate surface area is 98.1 Å². The van der Waals surface area contributed by atoms with Gasteiger partial charge in [0, 0.05) is 13.0 Å². The summed E-state index contributed by atoms with van der Waals surface area (Å²) in [6.45, 7) is 0.459. The highest BCUT2D eigenvalue weighted by molar-refractivity contribution is 7.11. The number of nitrogens with two attached hydrogens (primary N) is 1. The van der Waals surface area contributed by atoms with Crippen LogP contribution in [-0.2, 0) is 13.0 Å². The number of methoxy groups -OCH3 is 1. The molecule has 16 heavy (non-hydrogen) atoms. The molecule has 0 unspecified atom stereocenters. The highest BCUT2D eigenvalue weighted by atomic mass is 32.1. The molecule has 1 aromatic heterocycles. The van der Waals surface area contributed by atoms with E-state index >= 15 is 0 Å². The molecule has 2 N–H and O–H groups in total. The van der Waals surface area contributed by atoms with Gasteiger partial charge in [0.05, 0.1) is 7.11 Å². The van der Waals surface area contributed by atoms with Gasteiger partial charge in [-0.3, -0.25) is 0 Å². The van der Waals surface area contributed by atoms with Gasteiger partial charge >= 0.3 is 0 Å². The summed E-state index contributed by atoms with van der Waals surface area (Å²) in [4.78, 5) is 0. The fraction of sp³-hybridized carbons (Fsp3) is 0.273. The van der Waals surface area contributed by atoms with Crippen molar-refractivity contribution in [3.05, 3.63) is 39.8 Å². The highest BCUT2D eigenvalue weighted by Gasteiger charge is 2.03. The summed E-state index contributed by atoms with van der Waals surface area (Å²) >= 11 is 1.56. The Morgan fingerprint density at radius 1 is 1.19 bits per heavy atom. The Hall–Kier alpha value is -1.46. The predicted molar refractivity (Wildman–Crippen MR) is 63.6 cm³/mol. The van der Waals surface area contributed by atoms with Crippen LogP contribution in [0.2, 0.25) is 0 Å². The molecule has 2 rings (SSSR count). The number of nitrogens with zero attached hydrogens (tertiary/aromatic N) is 2. The van der Waals surface area contributed by atoms with Gasteiger partial charge in [-0.2, -0.15) is 0 Å². The van der Waals surface area contributed by atoms with Crippen LogP contribution in [0.5, 0.6) is 5.75 Å². The van der Waals surface area contributed by atoms with Crippen LogP contribution in [0.3, 0.4) is 0 Å². The number of benzene rings is 1. The Morgan fingerprint density at radius 2 is 1.88 bits per heavy atom. The summed E-state index contributed by atoms with van der Waals surface area (Å²) in [5, 5.41) is 9.94. The van der Waals surface area contributed by atoms with Gasteiger partial charge in [-0.1, -0.05) is 23.5 Å². The lowest BCUT2D eigenvalue weighted by molar-refractivity contribution is 0.414. The van der Waals surface area contributed by atoms with Gasteiger partial charge in [-0.15, -0.1) is 10.2 Å². The smallest absolute Gasteiger partial charge is 0.131 e. The van der Waals surface area contributed by atoms with E-state index in [0.717, 1.165) is 22.2 Å². The minimum absolute atomic E-state index is 0.459. The first-order valence-corrected chi connectivity index (χ1v) is 5.77. The van der Waals surface area contributed by atoms with E-state index in [1.165, 1.54) is 5.56 Å². The summed E-state index contributed by atoms with van der Waals surface area (Å²) in [6, 6.07) is 7.95. The Bertz CT molecular complexity index is 453. The third-order valence-electron chi connectivity index (χ3n) is 2.20. The molecule has 0 spiro atoms. The number of aromatic nitrogens is 2.